The summed E-state index contributed by atoms with van der Waals surface area (Å²) in [5, 5.41) is 15.4. The average Bonchev–Trinajstić information content (AvgIpc) is 3.12. The number of carbonyl (C=O) groups excluding carboxylic acids is 1. The number of aliphatic hydroxyl groups is 1. The zero-order valence-electron chi connectivity index (χ0n) is 26.3. The van der Waals surface area contributed by atoms with Gasteiger partial charge in [-0.1, -0.05) is 97.9 Å². The van der Waals surface area contributed by atoms with Crippen LogP contribution in [-0.4, -0.2) is 55.0 Å². The van der Waals surface area contributed by atoms with E-state index in [1.807, 2.05) is 60.7 Å². The van der Waals surface area contributed by atoms with Crippen molar-refractivity contribution in [1.29, 1.82) is 0 Å². The van der Waals surface area contributed by atoms with Crippen LogP contribution in [0.5, 0.6) is 0 Å². The van der Waals surface area contributed by atoms with Crippen molar-refractivity contribution in [2.45, 2.75) is 45.1 Å². The van der Waals surface area contributed by atoms with Crippen LogP contribution in [0.25, 0.3) is 11.1 Å². The second kappa shape index (κ2) is 15.5. The average molecular weight is 622 g/mol. The van der Waals surface area contributed by atoms with E-state index in [1.54, 1.807) is 0 Å². The van der Waals surface area contributed by atoms with Crippen molar-refractivity contribution in [2.75, 3.05) is 32.8 Å². The van der Waals surface area contributed by atoms with E-state index in [-0.39, 0.29) is 30.8 Å². The van der Waals surface area contributed by atoms with Crippen molar-refractivity contribution in [2.24, 2.45) is 5.92 Å². The van der Waals surface area contributed by atoms with Crippen LogP contribution in [0.4, 0.5) is 4.79 Å². The maximum atomic E-state index is 12.4. The monoisotopic (exact) mass is 621 g/mol. The third-order valence-electron chi connectivity index (χ3n) is 8.83. The smallest absolute Gasteiger partial charge is 0.315 e. The van der Waals surface area contributed by atoms with Gasteiger partial charge in [0, 0.05) is 44.2 Å². The predicted molar refractivity (Wildman–Crippen MR) is 178 cm³/mol. The third kappa shape index (κ3) is 8.20. The van der Waals surface area contributed by atoms with Crippen LogP contribution in [0, 0.1) is 5.92 Å². The molecule has 4 aromatic carbocycles. The Morgan fingerprint density at radius 3 is 2.17 bits per heavy atom. The lowest BCUT2D eigenvalue weighted by molar-refractivity contribution is -0.277. The van der Waals surface area contributed by atoms with Crippen molar-refractivity contribution in [1.82, 2.24) is 15.5 Å². The standard InChI is InChI=1S/C38H43N3O5/c1-27-35(25-41-17-19-44-20-18-41)45-37(46-36(27)31-15-13-29(26-42)14-16-31)34-12-6-11-33(22-34)32-10-5-9-30(21-32)24-40-38(43)39-23-28-7-3-2-4-8-28/h2-16,21-22,27,35-37,42H,17-20,23-26H2,1H3,(H2,39,40,43)/t27-,35+,36+,37+/m1/s1. The van der Waals surface area contributed by atoms with E-state index in [0.29, 0.717) is 13.1 Å². The molecule has 4 atom stereocenters. The van der Waals surface area contributed by atoms with Gasteiger partial charge in [0.2, 0.25) is 0 Å². The van der Waals surface area contributed by atoms with Gasteiger partial charge < -0.3 is 30.0 Å². The normalized spacial score (nSPS) is 21.9. The Hall–Kier alpha value is -4.05. The minimum absolute atomic E-state index is 0.0122. The zero-order chi connectivity index (χ0) is 31.7. The van der Waals surface area contributed by atoms with Crippen LogP contribution >= 0.6 is 0 Å². The highest BCUT2D eigenvalue weighted by atomic mass is 16.7. The zero-order valence-corrected chi connectivity index (χ0v) is 26.3. The number of ether oxygens (including phenoxy) is 3. The molecule has 2 heterocycles. The summed E-state index contributed by atoms with van der Waals surface area (Å²) in [7, 11) is 0. The van der Waals surface area contributed by atoms with Gasteiger partial charge in [-0.15, -0.1) is 0 Å². The summed E-state index contributed by atoms with van der Waals surface area (Å²) in [4.78, 5) is 14.8. The molecule has 2 saturated heterocycles. The van der Waals surface area contributed by atoms with Gasteiger partial charge in [-0.3, -0.25) is 4.90 Å². The minimum Gasteiger partial charge on any atom is -0.392 e. The number of rotatable bonds is 10. The molecule has 0 spiro atoms. The van der Waals surface area contributed by atoms with E-state index in [0.717, 1.165) is 71.8 Å². The number of aliphatic hydroxyl groups excluding tert-OH is 1. The molecule has 6 rings (SSSR count). The molecular formula is C38H43N3O5. The van der Waals surface area contributed by atoms with Gasteiger partial charge in [0.25, 0.3) is 0 Å². The van der Waals surface area contributed by atoms with Crippen molar-refractivity contribution in [3.05, 3.63) is 131 Å². The van der Waals surface area contributed by atoms with Gasteiger partial charge in [0.15, 0.2) is 6.29 Å². The van der Waals surface area contributed by atoms with Gasteiger partial charge in [-0.05, 0) is 45.5 Å². The first-order chi connectivity index (χ1) is 22.6. The molecule has 0 unspecified atom stereocenters. The fourth-order valence-corrected chi connectivity index (χ4v) is 6.12. The maximum Gasteiger partial charge on any atom is 0.315 e. The summed E-state index contributed by atoms with van der Waals surface area (Å²) in [6.45, 7) is 7.18. The molecule has 46 heavy (non-hydrogen) atoms. The van der Waals surface area contributed by atoms with Gasteiger partial charge >= 0.3 is 6.03 Å². The highest BCUT2D eigenvalue weighted by molar-refractivity contribution is 5.74. The lowest BCUT2D eigenvalue weighted by atomic mass is 9.89. The second-order valence-electron chi connectivity index (χ2n) is 12.1. The summed E-state index contributed by atoms with van der Waals surface area (Å²) < 4.78 is 19.0. The molecule has 0 aliphatic carbocycles. The van der Waals surface area contributed by atoms with E-state index in [9.17, 15) is 9.90 Å². The molecule has 2 fully saturated rings. The van der Waals surface area contributed by atoms with Gasteiger partial charge in [-0.25, -0.2) is 4.79 Å². The molecule has 240 valence electrons. The summed E-state index contributed by atoms with van der Waals surface area (Å²) in [5.74, 6) is 0.122. The van der Waals surface area contributed by atoms with E-state index in [1.165, 1.54) is 0 Å². The van der Waals surface area contributed by atoms with Gasteiger partial charge in [0.05, 0.1) is 32.0 Å². The van der Waals surface area contributed by atoms with Crippen LogP contribution in [0.3, 0.4) is 0 Å². The van der Waals surface area contributed by atoms with Crippen LogP contribution < -0.4 is 10.6 Å². The third-order valence-corrected chi connectivity index (χ3v) is 8.83. The first-order valence-electron chi connectivity index (χ1n) is 16.1. The first-order valence-corrected chi connectivity index (χ1v) is 16.1. The van der Waals surface area contributed by atoms with E-state index >= 15 is 0 Å². The van der Waals surface area contributed by atoms with Crippen molar-refractivity contribution in [3.63, 3.8) is 0 Å². The summed E-state index contributed by atoms with van der Waals surface area (Å²) in [6.07, 6.45) is -0.739. The number of hydrogen-bond acceptors (Lipinski definition) is 6. The molecule has 8 heteroatoms. The highest BCUT2D eigenvalue weighted by Gasteiger charge is 2.39. The number of amides is 2. The SMILES string of the molecule is C[C@@H]1[C@H](CN2CCOCC2)O[C@H](c2cccc(-c3cccc(CNC(=O)NCc4ccccc4)c3)c2)O[C@@H]1c1ccc(CO)cc1. The molecule has 8 nitrogen and oxygen atoms in total. The molecule has 0 saturated carbocycles. The lowest BCUT2D eigenvalue weighted by Gasteiger charge is -2.43. The molecule has 0 bridgehead atoms. The molecule has 2 aliphatic rings. The van der Waals surface area contributed by atoms with Crippen molar-refractivity contribution < 1.29 is 24.1 Å². The van der Waals surface area contributed by atoms with E-state index in [2.05, 4.69) is 64.9 Å². The van der Waals surface area contributed by atoms with Crippen LogP contribution in [0.1, 0.15) is 47.1 Å². The molecule has 0 aromatic heterocycles. The Kier molecular flexibility index (Phi) is 10.7. The van der Waals surface area contributed by atoms with Crippen LogP contribution in [-0.2, 0) is 33.9 Å². The Labute approximate surface area is 271 Å². The summed E-state index contributed by atoms with van der Waals surface area (Å²) in [6, 6.07) is 34.2. The topological polar surface area (TPSA) is 92.3 Å². The van der Waals surface area contributed by atoms with Gasteiger partial charge in [-0.2, -0.15) is 0 Å². The Bertz CT molecular complexity index is 1560. The summed E-state index contributed by atoms with van der Waals surface area (Å²) in [5.41, 5.74) is 7.07. The fourth-order valence-electron chi connectivity index (χ4n) is 6.12. The van der Waals surface area contributed by atoms with Crippen LogP contribution in [0.15, 0.2) is 103 Å². The summed E-state index contributed by atoms with van der Waals surface area (Å²) >= 11 is 0. The Balaban J connectivity index is 1.16. The van der Waals surface area contributed by atoms with E-state index in [4.69, 9.17) is 14.2 Å². The van der Waals surface area contributed by atoms with Crippen molar-refractivity contribution >= 4 is 6.03 Å². The quantitative estimate of drug-likeness (QED) is 0.202. The Morgan fingerprint density at radius 2 is 1.43 bits per heavy atom. The number of morpholine rings is 1. The van der Waals surface area contributed by atoms with E-state index < -0.39 is 6.29 Å². The number of hydrogen-bond donors (Lipinski definition) is 3. The van der Waals surface area contributed by atoms with Crippen LogP contribution in [0.2, 0.25) is 0 Å². The second-order valence-corrected chi connectivity index (χ2v) is 12.1. The first kappa shape index (κ1) is 31.9. The lowest BCUT2D eigenvalue weighted by Crippen LogP contribution is -2.47. The number of urea groups is 1. The molecule has 2 aliphatic heterocycles. The molecular weight excluding hydrogens is 578 g/mol. The minimum atomic E-state index is -0.539. The fraction of sp³-hybridized carbons (Fsp3) is 0.342. The number of nitrogens with one attached hydrogen (secondary N) is 2. The van der Waals surface area contributed by atoms with Crippen molar-refractivity contribution in [3.8, 4) is 11.1 Å². The molecule has 4 aromatic rings. The molecule has 3 N–H and O–H groups in total. The van der Waals surface area contributed by atoms with Gasteiger partial charge in [0.1, 0.15) is 0 Å². The molecule has 2 amide bonds. The largest absolute Gasteiger partial charge is 0.392 e. The maximum absolute atomic E-state index is 12.4. The molecule has 0 radical (unpaired) electrons. The Morgan fingerprint density at radius 1 is 0.761 bits per heavy atom. The number of carbonyl (C=O) groups is 1. The highest BCUT2D eigenvalue weighted by Crippen LogP contribution is 2.42. The predicted octanol–water partition coefficient (Wildman–Crippen LogP) is 5.97. The number of benzene rings is 4. The number of nitrogens with zero attached hydrogens (tertiary/aromatic N) is 1.